The molecule has 2 heterocycles. The highest BCUT2D eigenvalue weighted by atomic mass is 32.2. The third-order valence-electron chi connectivity index (χ3n) is 4.31. The first kappa shape index (κ1) is 15.0. The van der Waals surface area contributed by atoms with Gasteiger partial charge in [0.25, 0.3) is 15.9 Å². The molecule has 0 N–H and O–H groups in total. The standard InChI is InChI=1S/C15H18N2O4S/c1-11-6-4-5-9-16(11)14(18)10-17-15(19)12-7-2-3-8-13(12)22(17,20)21/h2-3,7-8,11H,4-6,9-10H2,1H3/t11-/m1/s1. The number of amides is 2. The predicted molar refractivity (Wildman–Crippen MR) is 79.7 cm³/mol. The summed E-state index contributed by atoms with van der Waals surface area (Å²) in [5, 5.41) is 0. The Balaban J connectivity index is 1.85. The minimum Gasteiger partial charge on any atom is -0.338 e. The number of benzene rings is 1. The summed E-state index contributed by atoms with van der Waals surface area (Å²) < 4.78 is 25.6. The third-order valence-corrected chi connectivity index (χ3v) is 6.10. The Morgan fingerprint density at radius 1 is 1.27 bits per heavy atom. The van der Waals surface area contributed by atoms with Gasteiger partial charge in [0.15, 0.2) is 0 Å². The van der Waals surface area contributed by atoms with Gasteiger partial charge in [-0.3, -0.25) is 9.59 Å². The number of sulfonamides is 1. The van der Waals surface area contributed by atoms with E-state index in [-0.39, 0.29) is 22.4 Å². The Labute approximate surface area is 129 Å². The summed E-state index contributed by atoms with van der Waals surface area (Å²) in [6.45, 7) is 2.15. The van der Waals surface area contributed by atoms with Crippen LogP contribution < -0.4 is 0 Å². The second kappa shape index (κ2) is 5.39. The number of piperidine rings is 1. The molecule has 0 unspecified atom stereocenters. The van der Waals surface area contributed by atoms with Crippen molar-refractivity contribution < 1.29 is 18.0 Å². The molecule has 1 saturated heterocycles. The van der Waals surface area contributed by atoms with E-state index < -0.39 is 22.5 Å². The Morgan fingerprint density at radius 2 is 2.00 bits per heavy atom. The van der Waals surface area contributed by atoms with Gasteiger partial charge in [-0.25, -0.2) is 12.7 Å². The summed E-state index contributed by atoms with van der Waals surface area (Å²) in [4.78, 5) is 26.4. The molecular weight excluding hydrogens is 304 g/mol. The lowest BCUT2D eigenvalue weighted by molar-refractivity contribution is -0.134. The maximum atomic E-state index is 12.4. The number of fused-ring (bicyclic) bond motifs is 1. The van der Waals surface area contributed by atoms with Crippen molar-refractivity contribution in [2.45, 2.75) is 37.1 Å². The van der Waals surface area contributed by atoms with E-state index in [0.29, 0.717) is 10.8 Å². The van der Waals surface area contributed by atoms with Crippen LogP contribution in [-0.4, -0.2) is 48.6 Å². The van der Waals surface area contributed by atoms with Gasteiger partial charge in [-0.05, 0) is 38.3 Å². The summed E-state index contributed by atoms with van der Waals surface area (Å²) >= 11 is 0. The van der Waals surface area contributed by atoms with E-state index in [1.165, 1.54) is 12.1 Å². The molecule has 1 atom stereocenters. The molecule has 0 aromatic heterocycles. The fourth-order valence-electron chi connectivity index (χ4n) is 3.07. The van der Waals surface area contributed by atoms with Crippen molar-refractivity contribution in [2.24, 2.45) is 0 Å². The lowest BCUT2D eigenvalue weighted by atomic mass is 10.0. The topological polar surface area (TPSA) is 74.8 Å². The molecule has 6 nitrogen and oxygen atoms in total. The molecule has 3 rings (SSSR count). The number of carbonyl (C=O) groups is 2. The van der Waals surface area contributed by atoms with Crippen molar-refractivity contribution in [3.63, 3.8) is 0 Å². The first-order chi connectivity index (χ1) is 10.4. The van der Waals surface area contributed by atoms with Gasteiger partial charge in [-0.2, -0.15) is 0 Å². The Bertz CT molecular complexity index is 729. The highest BCUT2D eigenvalue weighted by Gasteiger charge is 2.42. The molecule has 2 aliphatic rings. The predicted octanol–water partition coefficient (Wildman–Crippen LogP) is 1.23. The largest absolute Gasteiger partial charge is 0.338 e. The van der Waals surface area contributed by atoms with Gasteiger partial charge in [0, 0.05) is 12.6 Å². The number of hydrogen-bond donors (Lipinski definition) is 0. The monoisotopic (exact) mass is 322 g/mol. The van der Waals surface area contributed by atoms with Gasteiger partial charge < -0.3 is 4.90 Å². The molecule has 0 saturated carbocycles. The van der Waals surface area contributed by atoms with Crippen LogP contribution in [0.3, 0.4) is 0 Å². The van der Waals surface area contributed by atoms with Crippen molar-refractivity contribution in [3.8, 4) is 0 Å². The quantitative estimate of drug-likeness (QED) is 0.821. The third kappa shape index (κ3) is 2.29. The van der Waals surface area contributed by atoms with Gasteiger partial charge in [0.2, 0.25) is 5.91 Å². The van der Waals surface area contributed by atoms with Crippen molar-refractivity contribution in [2.75, 3.05) is 13.1 Å². The van der Waals surface area contributed by atoms with E-state index in [2.05, 4.69) is 0 Å². The van der Waals surface area contributed by atoms with Crippen LogP contribution in [0.1, 0.15) is 36.5 Å². The maximum absolute atomic E-state index is 12.4. The average Bonchev–Trinajstić information content (AvgIpc) is 2.69. The number of nitrogens with zero attached hydrogens (tertiary/aromatic N) is 2. The average molecular weight is 322 g/mol. The summed E-state index contributed by atoms with van der Waals surface area (Å²) in [6.07, 6.45) is 2.89. The lowest BCUT2D eigenvalue weighted by Crippen LogP contribution is -2.48. The zero-order valence-electron chi connectivity index (χ0n) is 12.4. The summed E-state index contributed by atoms with van der Waals surface area (Å²) in [6, 6.07) is 6.15. The smallest absolute Gasteiger partial charge is 0.269 e. The summed E-state index contributed by atoms with van der Waals surface area (Å²) in [5.41, 5.74) is 0.141. The zero-order valence-corrected chi connectivity index (χ0v) is 13.2. The molecule has 0 aliphatic carbocycles. The van der Waals surface area contributed by atoms with E-state index >= 15 is 0 Å². The van der Waals surface area contributed by atoms with Gasteiger partial charge in [-0.1, -0.05) is 12.1 Å². The Morgan fingerprint density at radius 3 is 2.68 bits per heavy atom. The molecule has 0 bridgehead atoms. The van der Waals surface area contributed by atoms with Crippen molar-refractivity contribution in [1.29, 1.82) is 0 Å². The molecule has 1 fully saturated rings. The van der Waals surface area contributed by atoms with Crippen LogP contribution in [0.25, 0.3) is 0 Å². The van der Waals surface area contributed by atoms with Gasteiger partial charge in [0.05, 0.1) is 5.56 Å². The number of rotatable bonds is 2. The maximum Gasteiger partial charge on any atom is 0.269 e. The fraction of sp³-hybridized carbons (Fsp3) is 0.467. The summed E-state index contributed by atoms with van der Waals surface area (Å²) in [7, 11) is -3.91. The van der Waals surface area contributed by atoms with Gasteiger partial charge >= 0.3 is 0 Å². The fourth-order valence-corrected chi connectivity index (χ4v) is 4.59. The van der Waals surface area contributed by atoms with Gasteiger partial charge in [0.1, 0.15) is 11.4 Å². The van der Waals surface area contributed by atoms with E-state index in [1.807, 2.05) is 6.92 Å². The number of carbonyl (C=O) groups excluding carboxylic acids is 2. The van der Waals surface area contributed by atoms with Gasteiger partial charge in [-0.15, -0.1) is 0 Å². The molecule has 22 heavy (non-hydrogen) atoms. The second-order valence-electron chi connectivity index (χ2n) is 5.74. The Kier molecular flexibility index (Phi) is 3.68. The zero-order chi connectivity index (χ0) is 15.9. The molecular formula is C15H18N2O4S. The number of hydrogen-bond acceptors (Lipinski definition) is 4. The van der Waals surface area contributed by atoms with Crippen LogP contribution in [0.5, 0.6) is 0 Å². The van der Waals surface area contributed by atoms with Crippen molar-refractivity contribution in [3.05, 3.63) is 29.8 Å². The van der Waals surface area contributed by atoms with Crippen molar-refractivity contribution in [1.82, 2.24) is 9.21 Å². The molecule has 0 spiro atoms. The highest BCUT2D eigenvalue weighted by molar-refractivity contribution is 7.90. The minimum absolute atomic E-state index is 0.0144. The molecule has 118 valence electrons. The Hall–Kier alpha value is -1.89. The molecule has 1 aromatic carbocycles. The SMILES string of the molecule is C[C@@H]1CCCCN1C(=O)CN1C(=O)c2ccccc2S1(=O)=O. The molecule has 7 heteroatoms. The first-order valence-electron chi connectivity index (χ1n) is 7.38. The van der Waals surface area contributed by atoms with E-state index in [1.54, 1.807) is 17.0 Å². The van der Waals surface area contributed by atoms with Crippen LogP contribution in [-0.2, 0) is 14.8 Å². The second-order valence-corrected chi connectivity index (χ2v) is 7.58. The molecule has 1 aromatic rings. The first-order valence-corrected chi connectivity index (χ1v) is 8.82. The normalized spacial score (nSPS) is 23.5. The van der Waals surface area contributed by atoms with E-state index in [4.69, 9.17) is 0 Å². The van der Waals surface area contributed by atoms with Crippen LogP contribution >= 0.6 is 0 Å². The highest BCUT2D eigenvalue weighted by Crippen LogP contribution is 2.30. The molecule has 2 aliphatic heterocycles. The summed E-state index contributed by atoms with van der Waals surface area (Å²) in [5.74, 6) is -0.925. The van der Waals surface area contributed by atoms with E-state index in [9.17, 15) is 18.0 Å². The molecule has 2 amide bonds. The minimum atomic E-state index is -3.91. The van der Waals surface area contributed by atoms with Crippen LogP contribution in [0.4, 0.5) is 0 Å². The molecule has 0 radical (unpaired) electrons. The lowest BCUT2D eigenvalue weighted by Gasteiger charge is -2.34. The number of likely N-dealkylation sites (tertiary alicyclic amines) is 1. The van der Waals surface area contributed by atoms with Crippen LogP contribution in [0.15, 0.2) is 29.2 Å². The van der Waals surface area contributed by atoms with Crippen LogP contribution in [0, 0.1) is 0 Å². The van der Waals surface area contributed by atoms with Crippen LogP contribution in [0.2, 0.25) is 0 Å². The van der Waals surface area contributed by atoms with E-state index in [0.717, 1.165) is 19.3 Å². The van der Waals surface area contributed by atoms with Crippen molar-refractivity contribution >= 4 is 21.8 Å².